The van der Waals surface area contributed by atoms with Crippen LogP contribution in [0.1, 0.15) is 45.3 Å². The molecule has 35 heavy (non-hydrogen) atoms. The molecule has 0 aromatic carbocycles. The molecule has 0 saturated carbocycles. The number of fused-ring (bicyclic) bond motifs is 2. The number of rotatable bonds is 6. The first-order chi connectivity index (χ1) is 16.9. The van der Waals surface area contributed by atoms with Gasteiger partial charge in [-0.2, -0.15) is 15.3 Å². The highest BCUT2D eigenvalue weighted by Gasteiger charge is 2.37. The number of aromatic nitrogens is 6. The topological polar surface area (TPSA) is 109 Å². The second-order valence-corrected chi connectivity index (χ2v) is 9.89. The van der Waals surface area contributed by atoms with Gasteiger partial charge < -0.3 is 4.90 Å². The van der Waals surface area contributed by atoms with Crippen LogP contribution in [0.15, 0.2) is 28.6 Å². The lowest BCUT2D eigenvalue weighted by Gasteiger charge is -2.48. The lowest BCUT2D eigenvalue weighted by atomic mass is 9.99. The summed E-state index contributed by atoms with van der Waals surface area (Å²) in [5, 5.41) is 13.8. The molecule has 3 atom stereocenters. The first kappa shape index (κ1) is 23.4. The Balaban J connectivity index is 1.51. The minimum atomic E-state index is -0.315. The summed E-state index contributed by atoms with van der Waals surface area (Å²) in [4.78, 5) is 32.2. The number of aryl methyl sites for hydroxylation is 1. The maximum Gasteiger partial charge on any atom is 0.349 e. The van der Waals surface area contributed by atoms with Crippen molar-refractivity contribution in [3.05, 3.63) is 40.0 Å². The molecule has 4 aromatic heterocycles. The smallest absolute Gasteiger partial charge is 0.349 e. The summed E-state index contributed by atoms with van der Waals surface area (Å²) in [6.45, 7) is 8.28. The van der Waals surface area contributed by atoms with E-state index in [0.29, 0.717) is 16.9 Å². The molecule has 1 aliphatic rings. The largest absolute Gasteiger partial charge is 0.349 e. The van der Waals surface area contributed by atoms with Gasteiger partial charge >= 0.3 is 5.69 Å². The number of nitriles is 1. The highest BCUT2D eigenvalue weighted by molar-refractivity contribution is 7.16. The van der Waals surface area contributed by atoms with E-state index < -0.39 is 0 Å². The number of piperazine rings is 1. The molecule has 0 aliphatic carbocycles. The minimum absolute atomic E-state index is 0.125. The van der Waals surface area contributed by atoms with Gasteiger partial charge in [-0.15, -0.1) is 11.3 Å². The molecule has 5 rings (SSSR count). The summed E-state index contributed by atoms with van der Waals surface area (Å²) in [5.74, 6) is 0.613. The molecule has 0 unspecified atom stereocenters. The number of thiazole rings is 1. The van der Waals surface area contributed by atoms with Crippen molar-refractivity contribution in [3.8, 4) is 6.07 Å². The Morgan fingerprint density at radius 3 is 2.74 bits per heavy atom. The maximum absolute atomic E-state index is 12.8. The van der Waals surface area contributed by atoms with Crippen LogP contribution in [0.25, 0.3) is 21.4 Å². The van der Waals surface area contributed by atoms with Crippen molar-refractivity contribution in [1.82, 2.24) is 34.2 Å². The zero-order valence-corrected chi connectivity index (χ0v) is 21.2. The van der Waals surface area contributed by atoms with Crippen molar-refractivity contribution in [2.24, 2.45) is 7.05 Å². The molecular formula is C24H29N9OS. The van der Waals surface area contributed by atoms with Crippen LogP contribution in [0.3, 0.4) is 0 Å². The van der Waals surface area contributed by atoms with E-state index in [0.717, 1.165) is 42.0 Å². The van der Waals surface area contributed by atoms with Crippen LogP contribution < -0.4 is 10.6 Å². The third kappa shape index (κ3) is 4.06. The van der Waals surface area contributed by atoms with Gasteiger partial charge in [-0.1, -0.05) is 13.8 Å². The second-order valence-electron chi connectivity index (χ2n) is 9.06. The summed E-state index contributed by atoms with van der Waals surface area (Å²) in [6.07, 6.45) is 3.61. The molecule has 0 radical (unpaired) electrons. The van der Waals surface area contributed by atoms with Crippen molar-refractivity contribution in [2.75, 3.05) is 18.0 Å². The van der Waals surface area contributed by atoms with Crippen molar-refractivity contribution in [3.63, 3.8) is 0 Å². The van der Waals surface area contributed by atoms with Crippen LogP contribution in [0.2, 0.25) is 0 Å². The number of hydrogen-bond acceptors (Lipinski definition) is 9. The monoisotopic (exact) mass is 491 g/mol. The SMILES string of the molecule is CC[C@H]1CN([C@@H](C)c2ccc3ncsc3n2)[C@H](CC)CN1c1nc(=O)n(C)c2cn(CC#N)nc12. The molecule has 182 valence electrons. The van der Waals surface area contributed by atoms with Crippen molar-refractivity contribution >= 4 is 38.5 Å². The molecule has 11 heteroatoms. The van der Waals surface area contributed by atoms with E-state index in [9.17, 15) is 4.79 Å². The average Bonchev–Trinajstić information content (AvgIpc) is 3.52. The molecule has 0 bridgehead atoms. The van der Waals surface area contributed by atoms with Crippen LogP contribution in [-0.2, 0) is 13.6 Å². The Hall–Kier alpha value is -3.36. The average molecular weight is 492 g/mol. The molecule has 0 amide bonds. The lowest BCUT2D eigenvalue weighted by Crippen LogP contribution is -2.59. The predicted molar refractivity (Wildman–Crippen MR) is 136 cm³/mol. The Morgan fingerprint density at radius 1 is 1.20 bits per heavy atom. The summed E-state index contributed by atoms with van der Waals surface area (Å²) in [5.41, 5.74) is 4.86. The number of anilines is 1. The Bertz CT molecular complexity index is 1470. The van der Waals surface area contributed by atoms with Gasteiger partial charge in [-0.25, -0.2) is 14.8 Å². The van der Waals surface area contributed by atoms with Crippen LogP contribution in [0, 0.1) is 11.3 Å². The molecule has 1 saturated heterocycles. The zero-order chi connectivity index (χ0) is 24.7. The molecule has 0 spiro atoms. The van der Waals surface area contributed by atoms with E-state index in [2.05, 4.69) is 63.8 Å². The van der Waals surface area contributed by atoms with Gasteiger partial charge in [0.15, 0.2) is 11.3 Å². The molecule has 1 fully saturated rings. The highest BCUT2D eigenvalue weighted by Crippen LogP contribution is 2.33. The Morgan fingerprint density at radius 2 is 2.00 bits per heavy atom. The van der Waals surface area contributed by atoms with E-state index in [1.54, 1.807) is 29.3 Å². The highest BCUT2D eigenvalue weighted by atomic mass is 32.1. The van der Waals surface area contributed by atoms with E-state index >= 15 is 0 Å². The van der Waals surface area contributed by atoms with E-state index in [1.807, 2.05) is 5.51 Å². The normalized spacial score (nSPS) is 19.9. The first-order valence-corrected chi connectivity index (χ1v) is 12.9. The summed E-state index contributed by atoms with van der Waals surface area (Å²) < 4.78 is 3.07. The van der Waals surface area contributed by atoms with Gasteiger partial charge in [0.1, 0.15) is 11.4 Å². The summed E-state index contributed by atoms with van der Waals surface area (Å²) in [7, 11) is 1.69. The van der Waals surface area contributed by atoms with Gasteiger partial charge in [0.25, 0.3) is 0 Å². The molecule has 5 heterocycles. The third-order valence-electron chi connectivity index (χ3n) is 7.13. The second kappa shape index (κ2) is 9.36. The fourth-order valence-corrected chi connectivity index (χ4v) is 5.74. The summed E-state index contributed by atoms with van der Waals surface area (Å²) in [6, 6.07) is 6.83. The molecule has 1 aliphatic heterocycles. The number of pyridine rings is 1. The van der Waals surface area contributed by atoms with Crippen LogP contribution in [-0.4, -0.2) is 59.4 Å². The number of nitrogens with zero attached hydrogens (tertiary/aromatic N) is 9. The van der Waals surface area contributed by atoms with Gasteiger partial charge in [0.05, 0.1) is 34.5 Å². The minimum Gasteiger partial charge on any atom is -0.349 e. The zero-order valence-electron chi connectivity index (χ0n) is 20.4. The molecule has 0 N–H and O–H groups in total. The van der Waals surface area contributed by atoms with E-state index in [-0.39, 0.29) is 30.4 Å². The lowest BCUT2D eigenvalue weighted by molar-refractivity contribution is 0.0989. The summed E-state index contributed by atoms with van der Waals surface area (Å²) >= 11 is 1.57. The van der Waals surface area contributed by atoms with Crippen LogP contribution in [0.4, 0.5) is 5.82 Å². The molecular weight excluding hydrogens is 462 g/mol. The van der Waals surface area contributed by atoms with E-state index in [4.69, 9.17) is 10.2 Å². The molecule has 4 aromatic rings. The fourth-order valence-electron chi connectivity index (χ4n) is 5.08. The first-order valence-electron chi connectivity index (χ1n) is 12.0. The van der Waals surface area contributed by atoms with Crippen molar-refractivity contribution in [1.29, 1.82) is 5.26 Å². The van der Waals surface area contributed by atoms with Gasteiger partial charge in [-0.05, 0) is 31.9 Å². The Labute approximate surface area is 207 Å². The van der Waals surface area contributed by atoms with Crippen molar-refractivity contribution < 1.29 is 0 Å². The van der Waals surface area contributed by atoms with Crippen LogP contribution >= 0.6 is 11.3 Å². The van der Waals surface area contributed by atoms with E-state index in [1.165, 1.54) is 4.57 Å². The number of hydrogen-bond donors (Lipinski definition) is 0. The maximum atomic E-state index is 12.8. The fraction of sp³-hybridized carbons (Fsp3) is 0.500. The van der Waals surface area contributed by atoms with Gasteiger partial charge in [0, 0.05) is 38.3 Å². The van der Waals surface area contributed by atoms with Gasteiger partial charge in [-0.3, -0.25) is 14.1 Å². The predicted octanol–water partition coefficient (Wildman–Crippen LogP) is 3.10. The standard InChI is InChI=1S/C24H29N9OS/c1-5-16-12-33(22-21-20(30(4)24(34)28-22)13-31(29-21)10-9-25)17(6-2)11-32(16)15(3)18-7-8-19-23(27-18)35-14-26-19/h7-8,13-17H,5-6,10-12H2,1-4H3/t15-,16+,17-/m0/s1. The quantitative estimate of drug-likeness (QED) is 0.405. The molecule has 10 nitrogen and oxygen atoms in total. The van der Waals surface area contributed by atoms with Crippen LogP contribution in [0.5, 0.6) is 0 Å². The third-order valence-corrected chi connectivity index (χ3v) is 7.87. The van der Waals surface area contributed by atoms with Crippen molar-refractivity contribution in [2.45, 2.75) is 58.3 Å². The van der Waals surface area contributed by atoms with Gasteiger partial charge in [0.2, 0.25) is 0 Å². The Kier molecular flexibility index (Phi) is 6.25.